The van der Waals surface area contributed by atoms with Gasteiger partial charge in [-0.15, -0.1) is 0 Å². The lowest BCUT2D eigenvalue weighted by molar-refractivity contribution is 0.173. The van der Waals surface area contributed by atoms with Crippen LogP contribution in [0.3, 0.4) is 0 Å². The molecule has 1 aliphatic heterocycles. The average Bonchev–Trinajstić information content (AvgIpc) is 3.13. The highest BCUT2D eigenvalue weighted by Crippen LogP contribution is 2.38. The minimum atomic E-state index is -0.0898. The summed E-state index contributed by atoms with van der Waals surface area (Å²) in [5, 5.41) is 9.37. The third-order valence-electron chi connectivity index (χ3n) is 3.10. The van der Waals surface area contributed by atoms with Crippen LogP contribution in [0.4, 0.5) is 0 Å². The fourth-order valence-corrected chi connectivity index (χ4v) is 2.07. The van der Waals surface area contributed by atoms with Crippen molar-refractivity contribution in [2.24, 2.45) is 0 Å². The zero-order valence-corrected chi connectivity index (χ0v) is 11.0. The molecule has 0 atom stereocenters. The Labute approximate surface area is 116 Å². The van der Waals surface area contributed by atoms with Gasteiger partial charge in [-0.2, -0.15) is 0 Å². The topological polar surface area (TPSA) is 65.7 Å². The predicted molar refractivity (Wildman–Crippen MR) is 70.8 cm³/mol. The minimum absolute atomic E-state index is 0.0898. The monoisotopic (exact) mass is 276 g/mol. The van der Waals surface area contributed by atoms with Gasteiger partial charge in [-0.25, -0.2) is 4.98 Å². The second-order valence-corrected chi connectivity index (χ2v) is 4.47. The lowest BCUT2D eigenvalue weighted by atomic mass is 10.2. The number of benzene rings is 1. The lowest BCUT2D eigenvalue weighted by Gasteiger charge is -2.11. The van der Waals surface area contributed by atoms with Gasteiger partial charge in [0.05, 0.1) is 19.5 Å². The summed E-state index contributed by atoms with van der Waals surface area (Å²) in [6.07, 6.45) is 6.30. The fourth-order valence-electron chi connectivity index (χ4n) is 2.07. The molecule has 0 amide bonds. The van der Waals surface area contributed by atoms with E-state index in [4.69, 9.17) is 14.2 Å². The van der Waals surface area contributed by atoms with Crippen molar-refractivity contribution in [3.63, 3.8) is 0 Å². The summed E-state index contributed by atoms with van der Waals surface area (Å²) in [7, 11) is 0. The molecule has 0 saturated heterocycles. The maximum atomic E-state index is 9.37. The van der Waals surface area contributed by atoms with E-state index in [1.807, 2.05) is 10.8 Å². The maximum Gasteiger partial charge on any atom is 0.231 e. The number of aliphatic hydroxyl groups excluding tert-OH is 1. The van der Waals surface area contributed by atoms with Crippen LogP contribution in [0, 0.1) is 0 Å². The van der Waals surface area contributed by atoms with Crippen LogP contribution in [0.1, 0.15) is 12.0 Å². The Morgan fingerprint density at radius 1 is 1.30 bits per heavy atom. The van der Waals surface area contributed by atoms with E-state index in [1.54, 1.807) is 24.7 Å². The quantitative estimate of drug-likeness (QED) is 0.811. The molecule has 0 bridgehead atoms. The van der Waals surface area contributed by atoms with Crippen molar-refractivity contribution in [3.05, 3.63) is 36.4 Å². The van der Waals surface area contributed by atoms with Gasteiger partial charge in [0, 0.05) is 30.6 Å². The third kappa shape index (κ3) is 2.70. The number of nitrogens with zero attached hydrogens (tertiary/aromatic N) is 2. The first-order chi connectivity index (χ1) is 9.86. The van der Waals surface area contributed by atoms with Gasteiger partial charge in [-0.1, -0.05) is 0 Å². The summed E-state index contributed by atoms with van der Waals surface area (Å²) in [5.41, 5.74) is 0.705. The van der Waals surface area contributed by atoms with Crippen molar-refractivity contribution in [3.8, 4) is 17.2 Å². The number of hydrogen-bond acceptors (Lipinski definition) is 5. The zero-order valence-electron chi connectivity index (χ0n) is 11.0. The largest absolute Gasteiger partial charge is 0.493 e. The van der Waals surface area contributed by atoms with Crippen LogP contribution in [0.2, 0.25) is 0 Å². The van der Waals surface area contributed by atoms with E-state index in [1.165, 1.54) is 0 Å². The van der Waals surface area contributed by atoms with Crippen molar-refractivity contribution in [1.82, 2.24) is 9.55 Å². The molecule has 0 radical (unpaired) electrons. The fraction of sp³-hybridized carbons (Fsp3) is 0.357. The van der Waals surface area contributed by atoms with Gasteiger partial charge in [0.2, 0.25) is 6.79 Å². The molecule has 6 nitrogen and oxygen atoms in total. The van der Waals surface area contributed by atoms with Gasteiger partial charge in [0.15, 0.2) is 11.5 Å². The van der Waals surface area contributed by atoms with Crippen LogP contribution >= 0.6 is 0 Å². The molecular formula is C14H16N2O4. The van der Waals surface area contributed by atoms with Crippen molar-refractivity contribution in [2.75, 3.05) is 13.4 Å². The Hall–Kier alpha value is -2.21. The Morgan fingerprint density at radius 2 is 2.15 bits per heavy atom. The number of rotatable bonds is 6. The van der Waals surface area contributed by atoms with Crippen molar-refractivity contribution < 1.29 is 19.3 Å². The summed E-state index contributed by atoms with van der Waals surface area (Å²) >= 11 is 0. The highest BCUT2D eigenvalue weighted by molar-refractivity contribution is 5.51. The second-order valence-electron chi connectivity index (χ2n) is 4.47. The smallest absolute Gasteiger partial charge is 0.231 e. The van der Waals surface area contributed by atoms with Crippen molar-refractivity contribution in [2.45, 2.75) is 19.6 Å². The van der Waals surface area contributed by atoms with Crippen LogP contribution in [0.15, 0.2) is 30.9 Å². The van der Waals surface area contributed by atoms with E-state index in [-0.39, 0.29) is 13.4 Å². The molecule has 0 unspecified atom stereocenters. The second kappa shape index (κ2) is 5.83. The van der Waals surface area contributed by atoms with E-state index in [0.717, 1.165) is 13.0 Å². The maximum absolute atomic E-state index is 9.37. The highest BCUT2D eigenvalue weighted by atomic mass is 16.7. The summed E-state index contributed by atoms with van der Waals surface area (Å²) in [5.74, 6) is 1.95. The van der Waals surface area contributed by atoms with Gasteiger partial charge in [0.1, 0.15) is 5.75 Å². The molecule has 1 N–H and O–H groups in total. The van der Waals surface area contributed by atoms with Gasteiger partial charge < -0.3 is 23.9 Å². The highest BCUT2D eigenvalue weighted by Gasteiger charge is 2.17. The molecule has 20 heavy (non-hydrogen) atoms. The van der Waals surface area contributed by atoms with E-state index in [0.29, 0.717) is 29.4 Å². The summed E-state index contributed by atoms with van der Waals surface area (Å²) in [4.78, 5) is 3.98. The molecular weight excluding hydrogens is 260 g/mol. The first-order valence-corrected chi connectivity index (χ1v) is 6.49. The van der Waals surface area contributed by atoms with Crippen LogP contribution in [0.5, 0.6) is 17.2 Å². The van der Waals surface area contributed by atoms with Gasteiger partial charge in [-0.3, -0.25) is 0 Å². The molecule has 0 spiro atoms. The van der Waals surface area contributed by atoms with Crippen LogP contribution < -0.4 is 14.2 Å². The molecule has 3 rings (SSSR count). The molecule has 2 aromatic rings. The van der Waals surface area contributed by atoms with Gasteiger partial charge in [0.25, 0.3) is 0 Å². The molecule has 1 aromatic carbocycles. The van der Waals surface area contributed by atoms with Gasteiger partial charge >= 0.3 is 0 Å². The van der Waals surface area contributed by atoms with E-state index >= 15 is 0 Å². The number of hydrogen-bond donors (Lipinski definition) is 1. The lowest BCUT2D eigenvalue weighted by Crippen LogP contribution is -2.04. The van der Waals surface area contributed by atoms with Crippen molar-refractivity contribution in [1.29, 1.82) is 0 Å². The standard InChI is InChI=1S/C14H16N2O4/c17-8-11-6-13-14(20-10-19-13)7-12(11)18-5-1-3-16-4-2-15-9-16/h2,4,6-7,9,17H,1,3,5,8,10H2. The summed E-state index contributed by atoms with van der Waals surface area (Å²) < 4.78 is 18.3. The van der Waals surface area contributed by atoms with E-state index in [2.05, 4.69) is 4.98 Å². The molecule has 0 aliphatic carbocycles. The Morgan fingerprint density at radius 3 is 2.90 bits per heavy atom. The Kier molecular flexibility index (Phi) is 3.73. The van der Waals surface area contributed by atoms with Crippen LogP contribution in [-0.2, 0) is 13.2 Å². The van der Waals surface area contributed by atoms with E-state index in [9.17, 15) is 5.11 Å². The summed E-state index contributed by atoms with van der Waals surface area (Å²) in [6.45, 7) is 1.53. The van der Waals surface area contributed by atoms with Gasteiger partial charge in [-0.05, 0) is 12.5 Å². The Bertz CT molecular complexity index is 569. The third-order valence-corrected chi connectivity index (χ3v) is 3.10. The normalized spacial score (nSPS) is 12.7. The molecule has 106 valence electrons. The molecule has 1 aliphatic rings. The number of aromatic nitrogens is 2. The van der Waals surface area contributed by atoms with E-state index < -0.39 is 0 Å². The number of aliphatic hydroxyl groups is 1. The Balaban J connectivity index is 1.59. The molecule has 2 heterocycles. The van der Waals surface area contributed by atoms with Crippen molar-refractivity contribution >= 4 is 0 Å². The minimum Gasteiger partial charge on any atom is -0.493 e. The van der Waals surface area contributed by atoms with Crippen LogP contribution in [-0.4, -0.2) is 28.1 Å². The average molecular weight is 276 g/mol. The summed E-state index contributed by atoms with van der Waals surface area (Å²) in [6, 6.07) is 3.53. The SMILES string of the molecule is OCc1cc2c(cc1OCCCn1ccnc1)OCO2. The predicted octanol–water partition coefficient (Wildman–Crippen LogP) is 1.57. The first kappa shape index (κ1) is 12.8. The zero-order chi connectivity index (χ0) is 13.8. The number of imidazole rings is 1. The first-order valence-electron chi connectivity index (χ1n) is 6.49. The molecule has 0 saturated carbocycles. The molecule has 6 heteroatoms. The van der Waals surface area contributed by atoms with Crippen LogP contribution in [0.25, 0.3) is 0 Å². The number of fused-ring (bicyclic) bond motifs is 1. The number of aryl methyl sites for hydroxylation is 1. The number of ether oxygens (including phenoxy) is 3. The molecule has 0 fully saturated rings. The molecule has 1 aromatic heterocycles.